The zero-order valence-corrected chi connectivity index (χ0v) is 31.7. The van der Waals surface area contributed by atoms with Gasteiger partial charge in [0, 0.05) is 35.0 Å². The molecule has 270 valence electrons. The number of fused-ring (bicyclic) bond motifs is 8. The molecule has 0 saturated heterocycles. The summed E-state index contributed by atoms with van der Waals surface area (Å²) >= 11 is 0. The highest BCUT2D eigenvalue weighted by atomic mass is 15.6. The topological polar surface area (TPSA) is 51.1 Å². The number of amidine groups is 1. The average molecular weight is 710 g/mol. The van der Waals surface area contributed by atoms with Crippen LogP contribution in [-0.4, -0.2) is 35.2 Å². The minimum atomic E-state index is -0.341. The highest BCUT2D eigenvalue weighted by Crippen LogP contribution is 2.52. The number of benzene rings is 4. The van der Waals surface area contributed by atoms with Gasteiger partial charge in [0.2, 0.25) is 0 Å². The van der Waals surface area contributed by atoms with Crippen molar-refractivity contribution in [1.82, 2.24) is 9.97 Å². The van der Waals surface area contributed by atoms with Crippen LogP contribution in [0, 0.1) is 6.92 Å². The maximum absolute atomic E-state index is 5.64. The number of hydrazone groups is 1. The van der Waals surface area contributed by atoms with Crippen LogP contribution in [0.3, 0.4) is 0 Å². The molecule has 0 spiro atoms. The lowest BCUT2D eigenvalue weighted by atomic mass is 9.70. The fraction of sp³-hybridized carbons (Fsp3) is 0.255. The molecule has 4 aromatic carbocycles. The first kappa shape index (κ1) is 33.9. The van der Waals surface area contributed by atoms with Gasteiger partial charge in [0.1, 0.15) is 11.9 Å². The summed E-state index contributed by atoms with van der Waals surface area (Å²) in [5.74, 6) is 2.57. The minimum absolute atomic E-state index is 0.149. The third kappa shape index (κ3) is 5.28. The highest BCUT2D eigenvalue weighted by Gasteiger charge is 2.49. The van der Waals surface area contributed by atoms with Crippen molar-refractivity contribution in [3.8, 4) is 11.4 Å². The zero-order chi connectivity index (χ0) is 37.0. The summed E-state index contributed by atoms with van der Waals surface area (Å²) in [6.07, 6.45) is 12.8. The van der Waals surface area contributed by atoms with E-state index >= 15 is 0 Å². The Bertz CT molecular complexity index is 2340. The number of allylic oxidation sites excluding steroid dienone is 3. The molecule has 1 aromatic heterocycles. The Kier molecular flexibility index (Phi) is 8.45. The van der Waals surface area contributed by atoms with Crippen LogP contribution in [0.4, 0.5) is 28.6 Å². The average Bonchev–Trinajstić information content (AvgIpc) is 3.76. The summed E-state index contributed by atoms with van der Waals surface area (Å²) in [7, 11) is 2.16. The van der Waals surface area contributed by atoms with Gasteiger partial charge in [-0.3, -0.25) is 4.90 Å². The SMILES string of the molecule is C=C1C2N(N=C(C3=CC=CCC3)N2c2ccccc2)c2ccccc2CC(CC)(CC)c2ccccc2N2c3cnc(-c4ccccc4C)nc3N(C)C12. The maximum Gasteiger partial charge on any atom is 0.161 e. The van der Waals surface area contributed by atoms with Gasteiger partial charge in [-0.15, -0.1) is 0 Å². The third-order valence-corrected chi connectivity index (χ3v) is 12.1. The van der Waals surface area contributed by atoms with Crippen molar-refractivity contribution < 1.29 is 0 Å². The van der Waals surface area contributed by atoms with Crippen LogP contribution in [0.2, 0.25) is 0 Å². The molecule has 0 N–H and O–H groups in total. The van der Waals surface area contributed by atoms with E-state index in [0.717, 1.165) is 83.3 Å². The molecular formula is C47H47N7. The predicted molar refractivity (Wildman–Crippen MR) is 224 cm³/mol. The van der Waals surface area contributed by atoms with Crippen molar-refractivity contribution in [2.45, 2.75) is 70.6 Å². The van der Waals surface area contributed by atoms with Gasteiger partial charge in [0.15, 0.2) is 23.6 Å². The number of aryl methyl sites for hydroxylation is 1. The number of rotatable bonds is 5. The van der Waals surface area contributed by atoms with Crippen molar-refractivity contribution in [1.29, 1.82) is 0 Å². The molecule has 2 unspecified atom stereocenters. The highest BCUT2D eigenvalue weighted by molar-refractivity contribution is 6.13. The van der Waals surface area contributed by atoms with E-state index in [1.165, 1.54) is 22.4 Å². The Hall–Kier alpha value is -5.95. The molecular weight excluding hydrogens is 663 g/mol. The summed E-state index contributed by atoms with van der Waals surface area (Å²) in [5.41, 5.74) is 11.2. The summed E-state index contributed by atoms with van der Waals surface area (Å²) < 4.78 is 0. The quantitative estimate of drug-likeness (QED) is 0.169. The van der Waals surface area contributed by atoms with Crippen LogP contribution in [-0.2, 0) is 11.8 Å². The molecule has 4 heterocycles. The molecule has 4 aliphatic rings. The normalized spacial score (nSPS) is 20.0. The Balaban J connectivity index is 1.32. The largest absolute Gasteiger partial charge is 0.333 e. The van der Waals surface area contributed by atoms with Gasteiger partial charge in [-0.2, -0.15) is 5.10 Å². The van der Waals surface area contributed by atoms with Crippen LogP contribution in [0.15, 0.2) is 150 Å². The van der Waals surface area contributed by atoms with Crippen molar-refractivity contribution in [3.05, 3.63) is 162 Å². The van der Waals surface area contributed by atoms with Gasteiger partial charge in [0.05, 0.1) is 11.9 Å². The Morgan fingerprint density at radius 1 is 0.796 bits per heavy atom. The summed E-state index contributed by atoms with van der Waals surface area (Å²) in [4.78, 5) is 17.6. The van der Waals surface area contributed by atoms with Crippen LogP contribution < -0.4 is 19.7 Å². The molecule has 0 bridgehead atoms. The standard InChI is InChI=1S/C47H47N7/c1-6-47(7-2)30-35-23-15-18-28-39(35)54-46(52(36-24-12-9-13-25-36)43(50-54)34-21-10-8-11-22-34)33(4)45-51(5)44-41(53(45)40-29-19-17-27-38(40)47)31-48-42(49-44)37-26-16-14-20-32(37)3/h8-10,12-21,23-29,31,45-46H,4,6-7,11,22,30H2,1-3,5H3. The van der Waals surface area contributed by atoms with Gasteiger partial charge in [0.25, 0.3) is 0 Å². The second-order valence-corrected chi connectivity index (χ2v) is 15.0. The molecule has 54 heavy (non-hydrogen) atoms. The molecule has 1 aliphatic carbocycles. The summed E-state index contributed by atoms with van der Waals surface area (Å²) in [6.45, 7) is 11.9. The summed E-state index contributed by atoms with van der Waals surface area (Å²) in [5, 5.41) is 7.90. The molecule has 3 aliphatic heterocycles. The van der Waals surface area contributed by atoms with Crippen molar-refractivity contribution in [3.63, 3.8) is 0 Å². The molecule has 5 aromatic rings. The van der Waals surface area contributed by atoms with Crippen LogP contribution in [0.25, 0.3) is 11.4 Å². The first-order chi connectivity index (χ1) is 26.4. The molecule has 0 saturated carbocycles. The van der Waals surface area contributed by atoms with Crippen molar-refractivity contribution in [2.75, 3.05) is 26.8 Å². The van der Waals surface area contributed by atoms with E-state index in [2.05, 4.69) is 169 Å². The van der Waals surface area contributed by atoms with E-state index in [-0.39, 0.29) is 17.7 Å². The molecule has 2 atom stereocenters. The zero-order valence-electron chi connectivity index (χ0n) is 31.7. The van der Waals surface area contributed by atoms with E-state index in [0.29, 0.717) is 0 Å². The smallest absolute Gasteiger partial charge is 0.161 e. The van der Waals surface area contributed by atoms with Crippen molar-refractivity contribution >= 4 is 34.4 Å². The van der Waals surface area contributed by atoms with Gasteiger partial charge in [-0.05, 0) is 85.6 Å². The lowest BCUT2D eigenvalue weighted by molar-refractivity contribution is 0.393. The van der Waals surface area contributed by atoms with Gasteiger partial charge in [-0.25, -0.2) is 15.0 Å². The number of anilines is 5. The lowest BCUT2D eigenvalue weighted by Crippen LogP contribution is -2.52. The number of para-hydroxylation sites is 3. The van der Waals surface area contributed by atoms with Gasteiger partial charge < -0.3 is 9.80 Å². The van der Waals surface area contributed by atoms with Gasteiger partial charge in [-0.1, -0.05) is 118 Å². The molecule has 7 nitrogen and oxygen atoms in total. The lowest BCUT2D eigenvalue weighted by Gasteiger charge is -2.41. The number of hydrogen-bond donors (Lipinski definition) is 0. The molecule has 0 fully saturated rings. The third-order valence-electron chi connectivity index (χ3n) is 12.1. The van der Waals surface area contributed by atoms with Crippen LogP contribution >= 0.6 is 0 Å². The first-order valence-electron chi connectivity index (χ1n) is 19.3. The van der Waals surface area contributed by atoms with Crippen LogP contribution in [0.1, 0.15) is 56.2 Å². The monoisotopic (exact) mass is 709 g/mol. The van der Waals surface area contributed by atoms with Gasteiger partial charge >= 0.3 is 0 Å². The first-order valence-corrected chi connectivity index (χ1v) is 19.3. The second kappa shape index (κ2) is 13.5. The molecule has 0 radical (unpaired) electrons. The maximum atomic E-state index is 5.64. The Morgan fingerprint density at radius 2 is 1.52 bits per heavy atom. The fourth-order valence-corrected chi connectivity index (χ4v) is 9.13. The fourth-order valence-electron chi connectivity index (χ4n) is 9.13. The van der Waals surface area contributed by atoms with E-state index < -0.39 is 0 Å². The van der Waals surface area contributed by atoms with E-state index in [9.17, 15) is 0 Å². The number of likely N-dealkylation sites (N-methyl/N-ethyl adjacent to an activating group) is 1. The number of hydrogen-bond acceptors (Lipinski definition) is 7. The Morgan fingerprint density at radius 3 is 2.28 bits per heavy atom. The van der Waals surface area contributed by atoms with E-state index in [1.54, 1.807) is 0 Å². The second-order valence-electron chi connectivity index (χ2n) is 15.0. The molecule has 9 rings (SSSR count). The minimum Gasteiger partial charge on any atom is -0.333 e. The van der Waals surface area contributed by atoms with Crippen molar-refractivity contribution in [2.24, 2.45) is 5.10 Å². The molecule has 7 heteroatoms. The number of aromatic nitrogens is 2. The van der Waals surface area contributed by atoms with E-state index in [1.807, 2.05) is 6.20 Å². The van der Waals surface area contributed by atoms with E-state index in [4.69, 9.17) is 21.6 Å². The molecule has 0 amide bonds. The Labute approximate surface area is 319 Å². The predicted octanol–water partition coefficient (Wildman–Crippen LogP) is 10.5. The summed E-state index contributed by atoms with van der Waals surface area (Å²) in [6, 6.07) is 37.0. The number of nitrogens with zero attached hydrogens (tertiary/aromatic N) is 7. The van der Waals surface area contributed by atoms with Crippen LogP contribution in [0.5, 0.6) is 0 Å².